The minimum absolute atomic E-state index is 0.117. The summed E-state index contributed by atoms with van der Waals surface area (Å²) in [6.45, 7) is 13.0. The van der Waals surface area contributed by atoms with Crippen LogP contribution >= 0.6 is 0 Å². The van der Waals surface area contributed by atoms with Crippen LogP contribution in [0.5, 0.6) is 0 Å². The molecule has 14 nitrogen and oxygen atoms in total. The third-order valence-electron chi connectivity index (χ3n) is 14.2. The highest BCUT2D eigenvalue weighted by atomic mass is 16.5. The summed E-state index contributed by atoms with van der Waals surface area (Å²) >= 11 is 0. The monoisotopic (exact) mass is 846 g/mol. The van der Waals surface area contributed by atoms with Crippen molar-refractivity contribution in [2.24, 2.45) is 11.8 Å². The van der Waals surface area contributed by atoms with E-state index in [2.05, 4.69) is 58.7 Å². The molecule has 330 valence electrons. The maximum atomic E-state index is 14.0. The number of rotatable bonds is 11. The van der Waals surface area contributed by atoms with Crippen molar-refractivity contribution in [1.82, 2.24) is 40.4 Å². The van der Waals surface area contributed by atoms with E-state index in [1.807, 2.05) is 49.9 Å². The fourth-order valence-corrected chi connectivity index (χ4v) is 10.7. The number of carbonyl (C=O) groups excluding carboxylic acids is 4. The first-order valence-corrected chi connectivity index (χ1v) is 22.4. The van der Waals surface area contributed by atoms with Crippen LogP contribution < -0.4 is 10.6 Å². The number of hydrogen-bond donors (Lipinski definition) is 4. The van der Waals surface area contributed by atoms with E-state index in [9.17, 15) is 19.2 Å². The number of fused-ring (bicyclic) bond motifs is 2. The van der Waals surface area contributed by atoms with Crippen molar-refractivity contribution in [3.8, 4) is 33.6 Å². The molecule has 2 aromatic heterocycles. The molecule has 4 aromatic rings. The molecule has 4 aliphatic rings. The zero-order valence-electron chi connectivity index (χ0n) is 37.5. The van der Waals surface area contributed by atoms with Gasteiger partial charge in [-0.3, -0.25) is 9.59 Å². The Morgan fingerprint density at radius 1 is 0.597 bits per heavy atom. The van der Waals surface area contributed by atoms with E-state index in [0.717, 1.165) is 98.4 Å². The molecule has 2 aliphatic carbocycles. The van der Waals surface area contributed by atoms with Crippen LogP contribution in [0.1, 0.15) is 114 Å². The van der Waals surface area contributed by atoms with Gasteiger partial charge in [0, 0.05) is 36.6 Å². The summed E-state index contributed by atoms with van der Waals surface area (Å²) in [5.41, 5.74) is 10.7. The highest BCUT2D eigenvalue weighted by Crippen LogP contribution is 2.46. The molecule has 62 heavy (non-hydrogen) atoms. The van der Waals surface area contributed by atoms with Gasteiger partial charge in [0.05, 0.1) is 36.7 Å². The van der Waals surface area contributed by atoms with Crippen LogP contribution in [0.2, 0.25) is 0 Å². The maximum Gasteiger partial charge on any atom is 0.407 e. The first-order valence-electron chi connectivity index (χ1n) is 22.4. The van der Waals surface area contributed by atoms with Crippen molar-refractivity contribution in [2.75, 3.05) is 27.3 Å². The number of H-pyrrole nitrogens is 2. The second-order valence-corrected chi connectivity index (χ2v) is 18.7. The van der Waals surface area contributed by atoms with Crippen LogP contribution in [-0.2, 0) is 55.8 Å². The molecule has 4 amide bonds. The molecule has 14 heteroatoms. The van der Waals surface area contributed by atoms with E-state index < -0.39 is 35.3 Å². The summed E-state index contributed by atoms with van der Waals surface area (Å²) in [4.78, 5) is 73.3. The van der Waals surface area contributed by atoms with Gasteiger partial charge < -0.3 is 39.9 Å². The second kappa shape index (κ2) is 16.9. The van der Waals surface area contributed by atoms with Crippen LogP contribution in [0, 0.1) is 11.8 Å². The number of aromatic amines is 2. The summed E-state index contributed by atoms with van der Waals surface area (Å²) in [5.74, 6) is 1.00. The van der Waals surface area contributed by atoms with Crippen LogP contribution in [0.3, 0.4) is 0 Å². The molecule has 0 bridgehead atoms. The number of aromatic nitrogens is 4. The number of likely N-dealkylation sites (tertiary alicyclic amines) is 2. The lowest BCUT2D eigenvalue weighted by Gasteiger charge is -2.37. The minimum atomic E-state index is -0.706. The molecule has 0 radical (unpaired) electrons. The minimum Gasteiger partial charge on any atom is -0.453 e. The predicted octanol–water partition coefficient (Wildman–Crippen LogP) is 7.55. The molecule has 2 aromatic carbocycles. The Balaban J connectivity index is 1.06. The van der Waals surface area contributed by atoms with Crippen molar-refractivity contribution in [3.63, 3.8) is 0 Å². The fourth-order valence-electron chi connectivity index (χ4n) is 10.7. The van der Waals surface area contributed by atoms with E-state index in [0.29, 0.717) is 13.1 Å². The number of imidazole rings is 2. The number of amides is 4. The van der Waals surface area contributed by atoms with Crippen LogP contribution in [-0.4, -0.2) is 93.1 Å². The molecule has 8 rings (SSSR count). The summed E-state index contributed by atoms with van der Waals surface area (Å²) in [6, 6.07) is 7.59. The number of methoxy groups -OCH3 is 2. The largest absolute Gasteiger partial charge is 0.453 e. The number of ether oxygens (including phenoxy) is 2. The van der Waals surface area contributed by atoms with Gasteiger partial charge in [-0.15, -0.1) is 0 Å². The standard InChI is InChI=1S/C48H62N8O6/c1-27(2)39(53-45(59)61-7)41(57)55-23-11-21-47(55,5)43-49-25-37(51-43)35-19-17-33(29-13-9-15-31(29)35)34-18-20-36(32-16-10-14-30(32)34)38-26-50-44(52-38)48(6)22-12-24-56(48)42(58)40(28(3)4)54-46(60)62-8/h17-20,25-28,39-40H,9-16,21-24H2,1-8H3,(H,49,51)(H,50,52)(H,53,59)(H,54,60)/t39-,40-,47-,48-/m0/s1. The number of alkyl carbamates (subject to hydrolysis) is 2. The lowest BCUT2D eigenvalue weighted by Crippen LogP contribution is -2.55. The third kappa shape index (κ3) is 7.42. The molecule has 0 saturated carbocycles. The van der Waals surface area contributed by atoms with Crippen LogP contribution in [0.4, 0.5) is 9.59 Å². The first-order chi connectivity index (χ1) is 29.7. The van der Waals surface area contributed by atoms with E-state index in [1.54, 1.807) is 0 Å². The molecule has 4 heterocycles. The lowest BCUT2D eigenvalue weighted by molar-refractivity contribution is -0.139. The van der Waals surface area contributed by atoms with Gasteiger partial charge in [0.15, 0.2) is 0 Å². The summed E-state index contributed by atoms with van der Waals surface area (Å²) in [7, 11) is 2.61. The van der Waals surface area contributed by atoms with Crippen molar-refractivity contribution in [1.29, 1.82) is 0 Å². The van der Waals surface area contributed by atoms with E-state index in [1.165, 1.54) is 47.6 Å². The van der Waals surface area contributed by atoms with Gasteiger partial charge >= 0.3 is 12.2 Å². The molecular weight excluding hydrogens is 785 g/mol. The summed E-state index contributed by atoms with van der Waals surface area (Å²) in [5, 5.41) is 5.51. The van der Waals surface area contributed by atoms with Gasteiger partial charge in [-0.25, -0.2) is 19.6 Å². The van der Waals surface area contributed by atoms with E-state index in [-0.39, 0.29) is 23.7 Å². The number of nitrogens with zero attached hydrogens (tertiary/aromatic N) is 4. The Labute approximate surface area is 364 Å². The smallest absolute Gasteiger partial charge is 0.407 e. The highest BCUT2D eigenvalue weighted by Gasteiger charge is 2.47. The average Bonchev–Trinajstić information content (AvgIpc) is 4.12. The second-order valence-electron chi connectivity index (χ2n) is 18.7. The topological polar surface area (TPSA) is 175 Å². The Morgan fingerprint density at radius 3 is 1.31 bits per heavy atom. The quantitative estimate of drug-likeness (QED) is 0.120. The van der Waals surface area contributed by atoms with E-state index >= 15 is 0 Å². The first kappa shape index (κ1) is 43.0. The molecule has 2 fully saturated rings. The average molecular weight is 847 g/mol. The van der Waals surface area contributed by atoms with Gasteiger partial charge in [0.2, 0.25) is 11.8 Å². The molecule has 4 atom stereocenters. The zero-order chi connectivity index (χ0) is 44.1. The molecule has 2 saturated heterocycles. The molecular formula is C48H62N8O6. The molecule has 0 unspecified atom stereocenters. The van der Waals surface area contributed by atoms with Crippen molar-refractivity contribution >= 4 is 24.0 Å². The fraction of sp³-hybridized carbons (Fsp3) is 0.542. The number of benzene rings is 2. The predicted molar refractivity (Wildman–Crippen MR) is 236 cm³/mol. The van der Waals surface area contributed by atoms with Gasteiger partial charge in [0.1, 0.15) is 23.7 Å². The number of nitrogens with one attached hydrogen (secondary N) is 4. The highest BCUT2D eigenvalue weighted by molar-refractivity contribution is 5.88. The summed E-state index contributed by atoms with van der Waals surface area (Å²) < 4.78 is 9.67. The normalized spacial score (nSPS) is 21.6. The Morgan fingerprint density at radius 2 is 0.952 bits per heavy atom. The molecule has 2 aliphatic heterocycles. The van der Waals surface area contributed by atoms with Crippen molar-refractivity contribution in [3.05, 3.63) is 70.6 Å². The molecule has 0 spiro atoms. The summed E-state index contributed by atoms with van der Waals surface area (Å²) in [6.07, 6.45) is 12.0. The van der Waals surface area contributed by atoms with Gasteiger partial charge in [-0.1, -0.05) is 52.0 Å². The third-order valence-corrected chi connectivity index (χ3v) is 14.2. The SMILES string of the molecule is COC(=O)N[C@H](C(=O)N1CCC[C@@]1(C)c1nc(-c2ccc(-c3ccc(-c4c[nH]c([C@]5(C)CCCN5C(=O)[C@@H](NC(=O)OC)C(C)C)n4)c4c3CCC4)c3c2CCC3)c[nH]1)C(C)C. The number of carbonyl (C=O) groups is 4. The number of hydrogen-bond acceptors (Lipinski definition) is 8. The Kier molecular flexibility index (Phi) is 11.7. The Bertz CT molecular complexity index is 2220. The van der Waals surface area contributed by atoms with Crippen molar-refractivity contribution < 1.29 is 28.7 Å². The van der Waals surface area contributed by atoms with Crippen molar-refractivity contribution in [2.45, 2.75) is 129 Å². The van der Waals surface area contributed by atoms with Crippen LogP contribution in [0.15, 0.2) is 36.7 Å². The van der Waals surface area contributed by atoms with E-state index in [4.69, 9.17) is 19.4 Å². The van der Waals surface area contributed by atoms with Gasteiger partial charge in [-0.2, -0.15) is 0 Å². The lowest BCUT2D eigenvalue weighted by atomic mass is 9.87. The molecule has 4 N–H and O–H groups in total. The maximum absolute atomic E-state index is 14.0. The van der Waals surface area contributed by atoms with Gasteiger partial charge in [0.25, 0.3) is 0 Å². The Hall–Kier alpha value is -5.66. The van der Waals surface area contributed by atoms with Gasteiger partial charge in [-0.05, 0) is 123 Å². The zero-order valence-corrected chi connectivity index (χ0v) is 37.5. The van der Waals surface area contributed by atoms with Crippen LogP contribution in [0.25, 0.3) is 33.6 Å².